The van der Waals surface area contributed by atoms with Crippen LogP contribution in [0.15, 0.2) is 24.3 Å². The van der Waals surface area contributed by atoms with Gasteiger partial charge in [-0.2, -0.15) is 0 Å². The Labute approximate surface area is 123 Å². The van der Waals surface area contributed by atoms with Gasteiger partial charge in [0.15, 0.2) is 0 Å². The van der Waals surface area contributed by atoms with Crippen LogP contribution in [0.5, 0.6) is 0 Å². The Morgan fingerprint density at radius 1 is 1.24 bits per heavy atom. The molecule has 0 saturated heterocycles. The zero-order chi connectivity index (χ0) is 15.8. The minimum absolute atomic E-state index is 0.112. The molecule has 6 heteroatoms. The highest BCUT2D eigenvalue weighted by Gasteiger charge is 2.14. The fourth-order valence-electron chi connectivity index (χ4n) is 1.72. The van der Waals surface area contributed by atoms with Crippen LogP contribution in [0.25, 0.3) is 0 Å². The standard InChI is InChI=1S/C15H20N2O4/c1-3-8-16-14(20)11-5-4-6-12(10-11)15(21)17(2)9-7-13(18)19/h4-6,10H,3,7-9H2,1-2H3,(H,16,20)(H,18,19). The maximum Gasteiger partial charge on any atom is 0.305 e. The second-order valence-electron chi connectivity index (χ2n) is 4.71. The van der Waals surface area contributed by atoms with Crippen LogP contribution >= 0.6 is 0 Å². The van der Waals surface area contributed by atoms with E-state index in [1.807, 2.05) is 6.92 Å². The molecule has 6 nitrogen and oxygen atoms in total. The molecule has 0 spiro atoms. The molecule has 1 aromatic rings. The highest BCUT2D eigenvalue weighted by atomic mass is 16.4. The summed E-state index contributed by atoms with van der Waals surface area (Å²) in [6.45, 7) is 2.66. The second kappa shape index (κ2) is 8.04. The molecule has 1 rings (SSSR count). The Morgan fingerprint density at radius 3 is 2.52 bits per heavy atom. The zero-order valence-corrected chi connectivity index (χ0v) is 12.3. The molecule has 0 fully saturated rings. The van der Waals surface area contributed by atoms with Crippen molar-refractivity contribution in [2.45, 2.75) is 19.8 Å². The molecule has 0 aliphatic heterocycles. The number of carbonyl (C=O) groups is 3. The number of carbonyl (C=O) groups excluding carboxylic acids is 2. The third-order valence-corrected chi connectivity index (χ3v) is 2.92. The molecule has 2 amide bonds. The van der Waals surface area contributed by atoms with E-state index in [0.29, 0.717) is 17.7 Å². The van der Waals surface area contributed by atoms with E-state index in [-0.39, 0.29) is 24.8 Å². The van der Waals surface area contributed by atoms with E-state index >= 15 is 0 Å². The quantitative estimate of drug-likeness (QED) is 0.794. The van der Waals surface area contributed by atoms with Crippen molar-refractivity contribution in [2.75, 3.05) is 20.1 Å². The fourth-order valence-corrected chi connectivity index (χ4v) is 1.72. The minimum Gasteiger partial charge on any atom is -0.481 e. The van der Waals surface area contributed by atoms with Gasteiger partial charge in [-0.05, 0) is 24.6 Å². The highest BCUT2D eigenvalue weighted by Crippen LogP contribution is 2.08. The Bertz CT molecular complexity index is 528. The smallest absolute Gasteiger partial charge is 0.305 e. The molecular formula is C15H20N2O4. The van der Waals surface area contributed by atoms with Gasteiger partial charge in [0.2, 0.25) is 0 Å². The number of carboxylic acid groups (broad SMARTS) is 1. The summed E-state index contributed by atoms with van der Waals surface area (Å²) in [5.74, 6) is -1.48. The van der Waals surface area contributed by atoms with Crippen LogP contribution in [-0.4, -0.2) is 47.9 Å². The van der Waals surface area contributed by atoms with Crippen molar-refractivity contribution in [3.05, 3.63) is 35.4 Å². The van der Waals surface area contributed by atoms with Crippen molar-refractivity contribution < 1.29 is 19.5 Å². The lowest BCUT2D eigenvalue weighted by atomic mass is 10.1. The van der Waals surface area contributed by atoms with Gasteiger partial charge < -0.3 is 15.3 Å². The van der Waals surface area contributed by atoms with Crippen molar-refractivity contribution in [1.29, 1.82) is 0 Å². The molecule has 0 atom stereocenters. The van der Waals surface area contributed by atoms with E-state index in [1.165, 1.54) is 18.0 Å². The Kier molecular flexibility index (Phi) is 6.39. The predicted molar refractivity (Wildman–Crippen MR) is 78.3 cm³/mol. The number of amides is 2. The summed E-state index contributed by atoms with van der Waals surface area (Å²) < 4.78 is 0. The SMILES string of the molecule is CCCNC(=O)c1cccc(C(=O)N(C)CCC(=O)O)c1. The third-order valence-electron chi connectivity index (χ3n) is 2.92. The number of carboxylic acids is 1. The summed E-state index contributed by atoms with van der Waals surface area (Å²) in [5.41, 5.74) is 0.785. The van der Waals surface area contributed by atoms with Crippen LogP contribution in [0.4, 0.5) is 0 Å². The van der Waals surface area contributed by atoms with Crippen LogP contribution in [-0.2, 0) is 4.79 Å². The molecule has 1 aromatic carbocycles. The topological polar surface area (TPSA) is 86.7 Å². The Hall–Kier alpha value is -2.37. The largest absolute Gasteiger partial charge is 0.481 e. The maximum atomic E-state index is 12.1. The van der Waals surface area contributed by atoms with Gasteiger partial charge in [-0.25, -0.2) is 0 Å². The first-order chi connectivity index (χ1) is 9.95. The van der Waals surface area contributed by atoms with Gasteiger partial charge in [0.25, 0.3) is 11.8 Å². The van der Waals surface area contributed by atoms with E-state index < -0.39 is 5.97 Å². The first-order valence-electron chi connectivity index (χ1n) is 6.81. The molecule has 0 radical (unpaired) electrons. The minimum atomic E-state index is -0.956. The molecular weight excluding hydrogens is 272 g/mol. The van der Waals surface area contributed by atoms with Crippen LogP contribution in [0, 0.1) is 0 Å². The molecule has 2 N–H and O–H groups in total. The van der Waals surface area contributed by atoms with E-state index in [9.17, 15) is 14.4 Å². The highest BCUT2D eigenvalue weighted by molar-refractivity contribution is 5.99. The van der Waals surface area contributed by atoms with E-state index in [2.05, 4.69) is 5.32 Å². The molecule has 21 heavy (non-hydrogen) atoms. The van der Waals surface area contributed by atoms with E-state index in [4.69, 9.17) is 5.11 Å². The van der Waals surface area contributed by atoms with Gasteiger partial charge in [0.1, 0.15) is 0 Å². The van der Waals surface area contributed by atoms with Crippen LogP contribution < -0.4 is 5.32 Å². The predicted octanol–water partition coefficient (Wildman–Crippen LogP) is 1.37. The Balaban J connectivity index is 2.76. The number of nitrogens with zero attached hydrogens (tertiary/aromatic N) is 1. The summed E-state index contributed by atoms with van der Waals surface area (Å²) >= 11 is 0. The summed E-state index contributed by atoms with van der Waals surface area (Å²) in [7, 11) is 1.54. The first-order valence-corrected chi connectivity index (χ1v) is 6.81. The lowest BCUT2D eigenvalue weighted by Crippen LogP contribution is -2.29. The first kappa shape index (κ1) is 16.7. The molecule has 0 aliphatic carbocycles. The van der Waals surface area contributed by atoms with Gasteiger partial charge >= 0.3 is 5.97 Å². The summed E-state index contributed by atoms with van der Waals surface area (Å²) in [4.78, 5) is 35.8. The lowest BCUT2D eigenvalue weighted by Gasteiger charge is -2.16. The van der Waals surface area contributed by atoms with Crippen molar-refractivity contribution in [3.63, 3.8) is 0 Å². The summed E-state index contributed by atoms with van der Waals surface area (Å²) in [6.07, 6.45) is 0.723. The number of nitrogens with one attached hydrogen (secondary N) is 1. The third kappa shape index (κ3) is 5.25. The average Bonchev–Trinajstić information content (AvgIpc) is 2.49. The van der Waals surface area contributed by atoms with Crippen LogP contribution in [0.3, 0.4) is 0 Å². The molecule has 0 aliphatic rings. The number of benzene rings is 1. The number of hydrogen-bond acceptors (Lipinski definition) is 3. The molecule has 0 heterocycles. The van der Waals surface area contributed by atoms with Crippen LogP contribution in [0.2, 0.25) is 0 Å². The molecule has 0 aromatic heterocycles. The Morgan fingerprint density at radius 2 is 1.90 bits per heavy atom. The fraction of sp³-hybridized carbons (Fsp3) is 0.400. The zero-order valence-electron chi connectivity index (χ0n) is 12.3. The number of rotatable bonds is 7. The van der Waals surface area contributed by atoms with Crippen molar-refractivity contribution in [2.24, 2.45) is 0 Å². The molecule has 0 bridgehead atoms. The number of aliphatic carboxylic acids is 1. The molecule has 0 saturated carbocycles. The number of hydrogen-bond donors (Lipinski definition) is 2. The van der Waals surface area contributed by atoms with E-state index in [1.54, 1.807) is 18.2 Å². The van der Waals surface area contributed by atoms with Crippen molar-refractivity contribution in [3.8, 4) is 0 Å². The van der Waals surface area contributed by atoms with Gasteiger partial charge in [-0.1, -0.05) is 13.0 Å². The normalized spacial score (nSPS) is 10.0. The average molecular weight is 292 g/mol. The monoisotopic (exact) mass is 292 g/mol. The second-order valence-corrected chi connectivity index (χ2v) is 4.71. The van der Waals surface area contributed by atoms with Gasteiger partial charge in [0, 0.05) is 31.3 Å². The molecule has 114 valence electrons. The van der Waals surface area contributed by atoms with Gasteiger partial charge in [-0.3, -0.25) is 14.4 Å². The maximum absolute atomic E-state index is 12.1. The van der Waals surface area contributed by atoms with Gasteiger partial charge in [0.05, 0.1) is 6.42 Å². The summed E-state index contributed by atoms with van der Waals surface area (Å²) in [6, 6.07) is 6.40. The van der Waals surface area contributed by atoms with Gasteiger partial charge in [-0.15, -0.1) is 0 Å². The van der Waals surface area contributed by atoms with Crippen LogP contribution in [0.1, 0.15) is 40.5 Å². The van der Waals surface area contributed by atoms with Crippen molar-refractivity contribution >= 4 is 17.8 Å². The molecule has 0 unspecified atom stereocenters. The summed E-state index contributed by atoms with van der Waals surface area (Å²) in [5, 5.41) is 11.4. The van der Waals surface area contributed by atoms with Crippen molar-refractivity contribution in [1.82, 2.24) is 10.2 Å². The lowest BCUT2D eigenvalue weighted by molar-refractivity contribution is -0.137. The van der Waals surface area contributed by atoms with E-state index in [0.717, 1.165) is 6.42 Å².